The number of anilines is 1. The van der Waals surface area contributed by atoms with E-state index in [1.54, 1.807) is 19.9 Å². The fourth-order valence-corrected chi connectivity index (χ4v) is 2.03. The highest BCUT2D eigenvalue weighted by molar-refractivity contribution is 6.34. The third-order valence-electron chi connectivity index (χ3n) is 2.65. The van der Waals surface area contributed by atoms with E-state index in [9.17, 15) is 9.59 Å². The molecule has 0 atom stereocenters. The second kappa shape index (κ2) is 5.34. The lowest BCUT2D eigenvalue weighted by Gasteiger charge is -2.06. The van der Waals surface area contributed by atoms with Gasteiger partial charge in [-0.3, -0.25) is 9.78 Å². The molecule has 6 nitrogen and oxygen atoms in total. The van der Waals surface area contributed by atoms with E-state index in [1.807, 2.05) is 0 Å². The zero-order chi connectivity index (χ0) is 14.9. The summed E-state index contributed by atoms with van der Waals surface area (Å²) < 4.78 is 0. The van der Waals surface area contributed by atoms with Crippen LogP contribution >= 0.6 is 11.6 Å². The third kappa shape index (κ3) is 2.80. The van der Waals surface area contributed by atoms with Gasteiger partial charge in [0, 0.05) is 17.6 Å². The van der Waals surface area contributed by atoms with Gasteiger partial charge in [-0.05, 0) is 26.0 Å². The van der Waals surface area contributed by atoms with E-state index in [2.05, 4.69) is 15.3 Å². The van der Waals surface area contributed by atoms with Gasteiger partial charge in [-0.2, -0.15) is 0 Å². The molecule has 20 heavy (non-hydrogen) atoms. The van der Waals surface area contributed by atoms with Crippen LogP contribution in [0.15, 0.2) is 18.3 Å². The van der Waals surface area contributed by atoms with E-state index >= 15 is 0 Å². The largest absolute Gasteiger partial charge is 0.477 e. The van der Waals surface area contributed by atoms with E-state index in [0.29, 0.717) is 11.4 Å². The molecule has 0 spiro atoms. The van der Waals surface area contributed by atoms with Crippen molar-refractivity contribution in [1.29, 1.82) is 0 Å². The molecular weight excluding hydrogens is 282 g/mol. The fourth-order valence-electron chi connectivity index (χ4n) is 1.74. The second-order valence-corrected chi connectivity index (χ2v) is 4.71. The second-order valence-electron chi connectivity index (χ2n) is 4.31. The van der Waals surface area contributed by atoms with Crippen LogP contribution in [0.5, 0.6) is 0 Å². The summed E-state index contributed by atoms with van der Waals surface area (Å²) in [6.45, 7) is 3.45. The minimum Gasteiger partial charge on any atom is -0.477 e. The van der Waals surface area contributed by atoms with Crippen LogP contribution in [0.2, 0.25) is 5.02 Å². The standard InChI is InChI=1S/C13H12ClN3O3/c1-6-3-9(14)8(5-15-6)12(18)17-10-4-7(2)16-11(10)13(19)20/h3-5,16H,1-2H3,(H,17,18)(H,19,20). The molecule has 7 heteroatoms. The Balaban J connectivity index is 2.30. The van der Waals surface area contributed by atoms with Gasteiger partial charge in [-0.1, -0.05) is 11.6 Å². The summed E-state index contributed by atoms with van der Waals surface area (Å²) in [5, 5.41) is 11.8. The van der Waals surface area contributed by atoms with Crippen molar-refractivity contribution in [3.05, 3.63) is 46.0 Å². The number of pyridine rings is 1. The summed E-state index contributed by atoms with van der Waals surface area (Å²) in [6, 6.07) is 3.10. The first kappa shape index (κ1) is 14.1. The molecule has 1 amide bonds. The van der Waals surface area contributed by atoms with E-state index in [4.69, 9.17) is 16.7 Å². The van der Waals surface area contributed by atoms with Gasteiger partial charge in [-0.25, -0.2) is 4.79 Å². The maximum absolute atomic E-state index is 12.1. The number of aryl methyl sites for hydroxylation is 2. The number of nitrogens with zero attached hydrogens (tertiary/aromatic N) is 1. The first-order valence-electron chi connectivity index (χ1n) is 5.75. The normalized spacial score (nSPS) is 10.3. The van der Waals surface area contributed by atoms with Crippen molar-refractivity contribution >= 4 is 29.2 Å². The minimum absolute atomic E-state index is 0.0768. The number of H-pyrrole nitrogens is 1. The van der Waals surface area contributed by atoms with Gasteiger partial charge in [0.15, 0.2) is 0 Å². The van der Waals surface area contributed by atoms with Gasteiger partial charge in [-0.15, -0.1) is 0 Å². The summed E-state index contributed by atoms with van der Waals surface area (Å²) in [4.78, 5) is 29.8. The molecule has 2 aromatic rings. The van der Waals surface area contributed by atoms with Crippen molar-refractivity contribution in [3.63, 3.8) is 0 Å². The van der Waals surface area contributed by atoms with Crippen LogP contribution in [0.4, 0.5) is 5.69 Å². The number of carboxylic acids is 1. The van der Waals surface area contributed by atoms with E-state index in [-0.39, 0.29) is 22.0 Å². The van der Waals surface area contributed by atoms with E-state index in [1.165, 1.54) is 12.3 Å². The summed E-state index contributed by atoms with van der Waals surface area (Å²) in [5.41, 5.74) is 1.62. The maximum atomic E-state index is 12.1. The van der Waals surface area contributed by atoms with Crippen LogP contribution in [0.25, 0.3) is 0 Å². The fraction of sp³-hybridized carbons (Fsp3) is 0.154. The van der Waals surface area contributed by atoms with Crippen molar-refractivity contribution in [2.24, 2.45) is 0 Å². The SMILES string of the molecule is Cc1cc(Cl)c(C(=O)Nc2cc(C)[nH]c2C(=O)O)cn1. The van der Waals surface area contributed by atoms with Gasteiger partial charge in [0.1, 0.15) is 5.69 Å². The van der Waals surface area contributed by atoms with Crippen LogP contribution in [0, 0.1) is 13.8 Å². The summed E-state index contributed by atoms with van der Waals surface area (Å²) in [7, 11) is 0. The van der Waals surface area contributed by atoms with Gasteiger partial charge >= 0.3 is 5.97 Å². The van der Waals surface area contributed by atoms with Gasteiger partial charge < -0.3 is 15.4 Å². The highest BCUT2D eigenvalue weighted by Crippen LogP contribution is 2.21. The van der Waals surface area contributed by atoms with Crippen LogP contribution in [-0.4, -0.2) is 27.0 Å². The van der Waals surface area contributed by atoms with Crippen molar-refractivity contribution < 1.29 is 14.7 Å². The Morgan fingerprint density at radius 2 is 2.05 bits per heavy atom. The van der Waals surface area contributed by atoms with Gasteiger partial charge in [0.25, 0.3) is 5.91 Å². The number of carbonyl (C=O) groups excluding carboxylic acids is 1. The number of amides is 1. The molecule has 0 radical (unpaired) electrons. The molecule has 0 unspecified atom stereocenters. The van der Waals surface area contributed by atoms with Gasteiger partial charge in [0.2, 0.25) is 0 Å². The van der Waals surface area contributed by atoms with Crippen molar-refractivity contribution in [2.75, 3.05) is 5.32 Å². The van der Waals surface area contributed by atoms with E-state index in [0.717, 1.165) is 0 Å². The zero-order valence-corrected chi connectivity index (χ0v) is 11.6. The average Bonchev–Trinajstić information content (AvgIpc) is 2.70. The summed E-state index contributed by atoms with van der Waals surface area (Å²) in [6.07, 6.45) is 1.35. The highest BCUT2D eigenvalue weighted by atomic mass is 35.5. The number of hydrogen-bond acceptors (Lipinski definition) is 3. The third-order valence-corrected chi connectivity index (χ3v) is 2.96. The Morgan fingerprint density at radius 1 is 1.35 bits per heavy atom. The van der Waals surface area contributed by atoms with E-state index < -0.39 is 11.9 Å². The lowest BCUT2D eigenvalue weighted by Crippen LogP contribution is -2.15. The number of hydrogen-bond donors (Lipinski definition) is 3. The molecule has 0 aliphatic carbocycles. The molecular formula is C13H12ClN3O3. The Kier molecular flexibility index (Phi) is 3.76. The molecule has 0 fully saturated rings. The molecule has 2 rings (SSSR count). The van der Waals surface area contributed by atoms with Crippen molar-refractivity contribution in [1.82, 2.24) is 9.97 Å². The van der Waals surface area contributed by atoms with Gasteiger partial charge in [0.05, 0.1) is 16.3 Å². The van der Waals surface area contributed by atoms with Crippen molar-refractivity contribution in [3.8, 4) is 0 Å². The lowest BCUT2D eigenvalue weighted by molar-refractivity contribution is 0.0692. The molecule has 3 N–H and O–H groups in total. The molecule has 2 aromatic heterocycles. The first-order valence-corrected chi connectivity index (χ1v) is 6.12. The Bertz CT molecular complexity index is 694. The number of nitrogens with one attached hydrogen (secondary N) is 2. The summed E-state index contributed by atoms with van der Waals surface area (Å²) >= 11 is 5.97. The van der Waals surface area contributed by atoms with Crippen LogP contribution < -0.4 is 5.32 Å². The quantitative estimate of drug-likeness (QED) is 0.810. The molecule has 0 saturated heterocycles. The zero-order valence-electron chi connectivity index (χ0n) is 10.8. The van der Waals surface area contributed by atoms with Crippen LogP contribution in [0.1, 0.15) is 32.2 Å². The molecule has 0 aliphatic heterocycles. The predicted octanol–water partition coefficient (Wildman–Crippen LogP) is 2.63. The smallest absolute Gasteiger partial charge is 0.354 e. The molecule has 0 aromatic carbocycles. The Hall–Kier alpha value is -2.34. The Morgan fingerprint density at radius 3 is 2.65 bits per heavy atom. The number of aromatic amines is 1. The van der Waals surface area contributed by atoms with Crippen LogP contribution in [-0.2, 0) is 0 Å². The minimum atomic E-state index is -1.15. The van der Waals surface area contributed by atoms with Crippen molar-refractivity contribution in [2.45, 2.75) is 13.8 Å². The number of carbonyl (C=O) groups is 2. The summed E-state index contributed by atoms with van der Waals surface area (Å²) in [5.74, 6) is -1.66. The number of carboxylic acid groups (broad SMARTS) is 1. The molecule has 0 aliphatic rings. The molecule has 104 valence electrons. The number of rotatable bonds is 3. The lowest BCUT2D eigenvalue weighted by atomic mass is 10.2. The van der Waals surface area contributed by atoms with Crippen LogP contribution in [0.3, 0.4) is 0 Å². The monoisotopic (exact) mass is 293 g/mol. The molecule has 0 saturated carbocycles. The first-order chi connectivity index (χ1) is 9.38. The number of aromatic carboxylic acids is 1. The topological polar surface area (TPSA) is 95.1 Å². The highest BCUT2D eigenvalue weighted by Gasteiger charge is 2.18. The maximum Gasteiger partial charge on any atom is 0.354 e. The Labute approximate surface area is 119 Å². The molecule has 2 heterocycles. The molecule has 0 bridgehead atoms. The number of halogens is 1. The average molecular weight is 294 g/mol. The predicted molar refractivity (Wildman–Crippen MR) is 74.4 cm³/mol. The number of aromatic nitrogens is 2.